The quantitative estimate of drug-likeness (QED) is 0.563. The molecule has 0 saturated carbocycles. The number of carbonyl (C=O) groups is 1. The van der Waals surface area contributed by atoms with Gasteiger partial charge in [0.15, 0.2) is 0 Å². The highest BCUT2D eigenvalue weighted by molar-refractivity contribution is 5.86. The van der Waals surface area contributed by atoms with Gasteiger partial charge in [0.1, 0.15) is 0 Å². The summed E-state index contributed by atoms with van der Waals surface area (Å²) in [6.45, 7) is 13.6. The molecule has 3 rings (SSSR count). The number of anilines is 1. The van der Waals surface area contributed by atoms with Crippen LogP contribution in [0.5, 0.6) is 0 Å². The Balaban J connectivity index is 1.79. The second-order valence-corrected chi connectivity index (χ2v) is 9.10. The Labute approximate surface area is 175 Å². The predicted molar refractivity (Wildman–Crippen MR) is 122 cm³/mol. The summed E-state index contributed by atoms with van der Waals surface area (Å²) in [4.78, 5) is 14.7. The second kappa shape index (κ2) is 8.40. The summed E-state index contributed by atoms with van der Waals surface area (Å²) in [6, 6.07) is 14.7. The predicted octanol–water partition coefficient (Wildman–Crippen LogP) is 5.19. The van der Waals surface area contributed by atoms with Gasteiger partial charge >= 0.3 is 0 Å². The Bertz CT molecular complexity index is 900. The van der Waals surface area contributed by atoms with Gasteiger partial charge in [-0.1, -0.05) is 37.3 Å². The molecule has 0 spiro atoms. The second-order valence-electron chi connectivity index (χ2n) is 9.10. The van der Waals surface area contributed by atoms with Crippen molar-refractivity contribution in [2.24, 2.45) is 5.10 Å². The average molecular weight is 392 g/mol. The molecule has 4 heteroatoms. The number of benzene rings is 2. The molecule has 1 aliphatic heterocycles. The molecule has 0 aromatic heterocycles. The van der Waals surface area contributed by atoms with E-state index in [1.54, 1.807) is 6.21 Å². The lowest BCUT2D eigenvalue weighted by Gasteiger charge is -2.50. The highest BCUT2D eigenvalue weighted by Crippen LogP contribution is 2.45. The third-order valence-electron chi connectivity index (χ3n) is 5.78. The van der Waals surface area contributed by atoms with Gasteiger partial charge in [-0.15, -0.1) is 0 Å². The van der Waals surface area contributed by atoms with E-state index in [1.165, 1.54) is 16.8 Å². The van der Waals surface area contributed by atoms with Gasteiger partial charge in [-0.05, 0) is 81.3 Å². The Kier molecular flexibility index (Phi) is 6.11. The van der Waals surface area contributed by atoms with Crippen LogP contribution in [0.4, 0.5) is 5.69 Å². The monoisotopic (exact) mass is 391 g/mol. The number of hydrogen-bond acceptors (Lipinski definition) is 3. The van der Waals surface area contributed by atoms with Crippen molar-refractivity contribution in [2.45, 2.75) is 71.9 Å². The molecule has 0 unspecified atom stereocenters. The summed E-state index contributed by atoms with van der Waals surface area (Å²) in [5, 5.41) is 4.22. The van der Waals surface area contributed by atoms with Gasteiger partial charge in [0.2, 0.25) is 5.91 Å². The molecule has 154 valence electrons. The number of fused-ring (bicyclic) bond motifs is 1. The van der Waals surface area contributed by atoms with E-state index in [0.29, 0.717) is 18.4 Å². The number of carbonyl (C=O) groups excluding carboxylic acids is 1. The number of nitrogens with zero attached hydrogens (tertiary/aromatic N) is 2. The summed E-state index contributed by atoms with van der Waals surface area (Å²) in [7, 11) is 0. The van der Waals surface area contributed by atoms with Gasteiger partial charge in [-0.25, -0.2) is 5.43 Å². The van der Waals surface area contributed by atoms with Crippen LogP contribution in [-0.2, 0) is 11.2 Å². The number of aryl methyl sites for hydroxylation is 1. The van der Waals surface area contributed by atoms with E-state index in [9.17, 15) is 4.79 Å². The van der Waals surface area contributed by atoms with Crippen molar-refractivity contribution in [1.29, 1.82) is 0 Å². The molecule has 0 fully saturated rings. The van der Waals surface area contributed by atoms with Crippen molar-refractivity contribution in [1.82, 2.24) is 5.43 Å². The van der Waals surface area contributed by atoms with Gasteiger partial charge in [-0.2, -0.15) is 5.10 Å². The van der Waals surface area contributed by atoms with Crippen molar-refractivity contribution < 1.29 is 4.79 Å². The highest BCUT2D eigenvalue weighted by Gasteiger charge is 2.37. The molecular weight excluding hydrogens is 358 g/mol. The first kappa shape index (κ1) is 21.1. The summed E-state index contributed by atoms with van der Waals surface area (Å²) in [5.41, 5.74) is 8.68. The summed E-state index contributed by atoms with van der Waals surface area (Å²) in [6.07, 6.45) is 3.22. The van der Waals surface area contributed by atoms with Crippen LogP contribution in [0.2, 0.25) is 0 Å². The first-order valence-corrected chi connectivity index (χ1v) is 10.5. The fourth-order valence-corrected chi connectivity index (χ4v) is 4.72. The maximum Gasteiger partial charge on any atom is 0.244 e. The molecular formula is C25H33N3O. The maximum atomic E-state index is 12.1. The van der Waals surface area contributed by atoms with Crippen LogP contribution in [0.3, 0.4) is 0 Å². The van der Waals surface area contributed by atoms with Gasteiger partial charge < -0.3 is 4.90 Å². The minimum Gasteiger partial charge on any atom is -0.364 e. The number of rotatable bonds is 5. The average Bonchev–Trinajstić information content (AvgIpc) is 2.62. The lowest BCUT2D eigenvalue weighted by molar-refractivity contribution is -0.120. The smallest absolute Gasteiger partial charge is 0.244 e. The van der Waals surface area contributed by atoms with Crippen molar-refractivity contribution >= 4 is 17.8 Å². The first-order valence-electron chi connectivity index (χ1n) is 10.5. The molecule has 0 aliphatic carbocycles. The molecule has 2 aromatic rings. The minimum atomic E-state index is -0.107. The van der Waals surface area contributed by atoms with Gasteiger partial charge in [0.25, 0.3) is 0 Å². The van der Waals surface area contributed by atoms with E-state index in [4.69, 9.17) is 0 Å². The standard InChI is InChI=1S/C25H33N3O/c1-17(2)28-23-12-18(3)21(14-22(23)19(4)15-25(28,5)6)16-26-27-24(29)13-20-10-8-7-9-11-20/h7-12,14,16-17,19H,13,15H2,1-6H3,(H,27,29)/b26-16-/t19-/m0/s1. The zero-order chi connectivity index (χ0) is 21.2. The Hall–Kier alpha value is -2.62. The van der Waals surface area contributed by atoms with Crippen LogP contribution >= 0.6 is 0 Å². The number of hydrazone groups is 1. The van der Waals surface area contributed by atoms with Crippen molar-refractivity contribution in [3.05, 3.63) is 64.7 Å². The molecule has 1 amide bonds. The van der Waals surface area contributed by atoms with Crippen LogP contribution in [-0.4, -0.2) is 23.7 Å². The van der Waals surface area contributed by atoms with Gasteiger partial charge in [0.05, 0.1) is 12.6 Å². The van der Waals surface area contributed by atoms with Crippen molar-refractivity contribution in [3.63, 3.8) is 0 Å². The molecule has 1 aliphatic rings. The zero-order valence-electron chi connectivity index (χ0n) is 18.5. The molecule has 0 bridgehead atoms. The van der Waals surface area contributed by atoms with E-state index in [-0.39, 0.29) is 11.4 Å². The Morgan fingerprint density at radius 1 is 1.28 bits per heavy atom. The number of hydrogen-bond donors (Lipinski definition) is 1. The van der Waals surface area contributed by atoms with Crippen molar-refractivity contribution in [2.75, 3.05) is 4.90 Å². The topological polar surface area (TPSA) is 44.7 Å². The maximum absolute atomic E-state index is 12.1. The molecule has 0 radical (unpaired) electrons. The van der Waals surface area contributed by atoms with Crippen LogP contribution in [0.1, 0.15) is 69.2 Å². The fourth-order valence-electron chi connectivity index (χ4n) is 4.72. The normalized spacial score (nSPS) is 18.2. The Morgan fingerprint density at radius 2 is 1.97 bits per heavy atom. The lowest BCUT2D eigenvalue weighted by Crippen LogP contribution is -2.51. The molecule has 2 aromatic carbocycles. The van der Waals surface area contributed by atoms with E-state index >= 15 is 0 Å². The van der Waals surface area contributed by atoms with E-state index in [2.05, 4.69) is 69.1 Å². The largest absolute Gasteiger partial charge is 0.364 e. The molecule has 1 atom stereocenters. The number of amides is 1. The van der Waals surface area contributed by atoms with E-state index in [0.717, 1.165) is 17.5 Å². The van der Waals surface area contributed by atoms with Crippen LogP contribution in [0.25, 0.3) is 0 Å². The molecule has 1 heterocycles. The van der Waals surface area contributed by atoms with E-state index < -0.39 is 0 Å². The molecule has 29 heavy (non-hydrogen) atoms. The van der Waals surface area contributed by atoms with E-state index in [1.807, 2.05) is 30.3 Å². The number of nitrogens with one attached hydrogen (secondary N) is 1. The minimum absolute atomic E-state index is 0.107. The lowest BCUT2D eigenvalue weighted by atomic mass is 9.78. The van der Waals surface area contributed by atoms with Gasteiger partial charge in [-0.3, -0.25) is 4.79 Å². The van der Waals surface area contributed by atoms with Crippen LogP contribution < -0.4 is 10.3 Å². The zero-order valence-corrected chi connectivity index (χ0v) is 18.5. The molecule has 4 nitrogen and oxygen atoms in total. The third-order valence-corrected chi connectivity index (χ3v) is 5.78. The first-order chi connectivity index (χ1) is 13.7. The SMILES string of the molecule is Cc1cc2c(cc1/C=N\NC(=O)Cc1ccccc1)[C@@H](C)CC(C)(C)N2C(C)C. The van der Waals surface area contributed by atoms with Crippen molar-refractivity contribution in [3.8, 4) is 0 Å². The highest BCUT2D eigenvalue weighted by atomic mass is 16.2. The Morgan fingerprint density at radius 3 is 2.62 bits per heavy atom. The summed E-state index contributed by atoms with van der Waals surface area (Å²) >= 11 is 0. The summed E-state index contributed by atoms with van der Waals surface area (Å²) in [5.74, 6) is 0.375. The molecule has 0 saturated heterocycles. The fraction of sp³-hybridized carbons (Fsp3) is 0.440. The molecule has 1 N–H and O–H groups in total. The summed E-state index contributed by atoms with van der Waals surface area (Å²) < 4.78 is 0. The van der Waals surface area contributed by atoms with Gasteiger partial charge in [0, 0.05) is 17.3 Å². The van der Waals surface area contributed by atoms with Crippen LogP contribution in [0, 0.1) is 6.92 Å². The van der Waals surface area contributed by atoms with Crippen LogP contribution in [0.15, 0.2) is 47.6 Å². The third kappa shape index (κ3) is 4.69.